The van der Waals surface area contributed by atoms with E-state index < -0.39 is 27.7 Å². The lowest BCUT2D eigenvalue weighted by molar-refractivity contribution is -0.153. The second-order valence-corrected chi connectivity index (χ2v) is 5.85. The Morgan fingerprint density at radius 3 is 2.00 bits per heavy atom. The highest BCUT2D eigenvalue weighted by Crippen LogP contribution is 2.27. The van der Waals surface area contributed by atoms with E-state index in [2.05, 4.69) is 0 Å². The fourth-order valence-electron chi connectivity index (χ4n) is 1.03. The summed E-state index contributed by atoms with van der Waals surface area (Å²) in [6.07, 6.45) is -4.78. The zero-order chi connectivity index (χ0) is 12.3. The highest BCUT2D eigenvalue weighted by molar-refractivity contribution is 7.91. The molecule has 0 aliphatic rings. The van der Waals surface area contributed by atoms with Gasteiger partial charge in [0.1, 0.15) is 0 Å². The molecule has 0 spiro atoms. The van der Waals surface area contributed by atoms with Gasteiger partial charge in [0.25, 0.3) is 0 Å². The molecule has 15 heavy (non-hydrogen) atoms. The summed E-state index contributed by atoms with van der Waals surface area (Å²) in [5.74, 6) is -4.16. The Morgan fingerprint density at radius 1 is 1.27 bits per heavy atom. The van der Waals surface area contributed by atoms with Crippen LogP contribution in [0.2, 0.25) is 0 Å². The maximum Gasteiger partial charge on any atom is 0.405 e. The highest BCUT2D eigenvalue weighted by atomic mass is 32.2. The number of hydrogen-bond donors (Lipinski definition) is 0. The van der Waals surface area contributed by atoms with E-state index in [1.807, 2.05) is 0 Å². The smallest absolute Gasteiger partial charge is 0.229 e. The summed E-state index contributed by atoms with van der Waals surface area (Å²) in [6.45, 7) is 3.18. The van der Waals surface area contributed by atoms with Gasteiger partial charge in [0, 0.05) is 0 Å². The minimum atomic E-state index is -4.78. The molecule has 0 heterocycles. The minimum Gasteiger partial charge on any atom is -0.229 e. The van der Waals surface area contributed by atoms with E-state index in [-0.39, 0.29) is 11.7 Å². The third-order valence-corrected chi connectivity index (χ3v) is 3.57. The molecule has 3 nitrogen and oxygen atoms in total. The van der Waals surface area contributed by atoms with Gasteiger partial charge in [-0.2, -0.15) is 18.4 Å². The number of nitriles is 1. The standard InChI is InChI=1S/C8H12F3NO2S/c1-6(2)4-15(13,14)5-7(3-12)8(9,10)11/h6-7H,4-5H2,1-2H3. The van der Waals surface area contributed by atoms with Gasteiger partial charge in [-0.05, 0) is 5.92 Å². The molecule has 88 valence electrons. The van der Waals surface area contributed by atoms with Crippen LogP contribution in [-0.4, -0.2) is 26.1 Å². The van der Waals surface area contributed by atoms with E-state index in [9.17, 15) is 21.6 Å². The molecule has 0 aromatic carbocycles. The molecule has 0 amide bonds. The number of nitrogens with zero attached hydrogens (tertiary/aromatic N) is 1. The van der Waals surface area contributed by atoms with Crippen LogP contribution in [0.5, 0.6) is 0 Å². The molecular formula is C8H12F3NO2S. The predicted molar refractivity (Wildman–Crippen MR) is 48.6 cm³/mol. The summed E-state index contributed by atoms with van der Waals surface area (Å²) in [4.78, 5) is 0. The van der Waals surface area contributed by atoms with Crippen LogP contribution in [0.1, 0.15) is 13.8 Å². The van der Waals surface area contributed by atoms with Gasteiger partial charge in [-0.15, -0.1) is 0 Å². The SMILES string of the molecule is CC(C)CS(=O)(=O)CC(C#N)C(F)(F)F. The topological polar surface area (TPSA) is 57.9 Å². The molecule has 0 aromatic heterocycles. The molecule has 0 radical (unpaired) electrons. The molecule has 0 aliphatic carbocycles. The average molecular weight is 243 g/mol. The van der Waals surface area contributed by atoms with Crippen molar-refractivity contribution >= 4 is 9.84 Å². The Hall–Kier alpha value is -0.770. The van der Waals surface area contributed by atoms with E-state index >= 15 is 0 Å². The molecule has 0 saturated heterocycles. The minimum absolute atomic E-state index is 0.248. The van der Waals surface area contributed by atoms with Gasteiger partial charge in [-0.25, -0.2) is 8.42 Å². The summed E-state index contributed by atoms with van der Waals surface area (Å²) in [6, 6.07) is 0.967. The van der Waals surface area contributed by atoms with Crippen LogP contribution < -0.4 is 0 Å². The molecule has 0 N–H and O–H groups in total. The summed E-state index contributed by atoms with van der Waals surface area (Å²) in [5.41, 5.74) is 0. The van der Waals surface area contributed by atoms with Crippen molar-refractivity contribution in [1.29, 1.82) is 5.26 Å². The Kier molecular flexibility index (Phi) is 4.59. The first kappa shape index (κ1) is 14.2. The van der Waals surface area contributed by atoms with Crippen LogP contribution in [0.3, 0.4) is 0 Å². The molecule has 0 bridgehead atoms. The quantitative estimate of drug-likeness (QED) is 0.756. The van der Waals surface area contributed by atoms with Crippen LogP contribution in [-0.2, 0) is 9.84 Å². The summed E-state index contributed by atoms with van der Waals surface area (Å²) in [7, 11) is -3.82. The number of rotatable bonds is 4. The van der Waals surface area contributed by atoms with Crippen LogP contribution >= 0.6 is 0 Å². The second-order valence-electron chi connectivity index (χ2n) is 3.69. The van der Waals surface area contributed by atoms with Gasteiger partial charge in [0.15, 0.2) is 15.8 Å². The van der Waals surface area contributed by atoms with E-state index in [4.69, 9.17) is 5.26 Å². The largest absolute Gasteiger partial charge is 0.405 e. The normalized spacial score (nSPS) is 15.0. The average Bonchev–Trinajstić information content (AvgIpc) is 1.95. The molecule has 0 saturated carbocycles. The lowest BCUT2D eigenvalue weighted by atomic mass is 10.2. The molecule has 0 fully saturated rings. The van der Waals surface area contributed by atoms with E-state index in [0.717, 1.165) is 6.07 Å². The third kappa shape index (κ3) is 5.62. The van der Waals surface area contributed by atoms with Crippen molar-refractivity contribution in [2.24, 2.45) is 11.8 Å². The second kappa shape index (κ2) is 4.84. The van der Waals surface area contributed by atoms with Crippen LogP contribution in [0.4, 0.5) is 13.2 Å². The van der Waals surface area contributed by atoms with Crippen molar-refractivity contribution in [2.75, 3.05) is 11.5 Å². The first-order valence-corrected chi connectivity index (χ1v) is 6.07. The number of sulfone groups is 1. The van der Waals surface area contributed by atoms with Crippen molar-refractivity contribution in [1.82, 2.24) is 0 Å². The first-order valence-electron chi connectivity index (χ1n) is 4.25. The highest BCUT2D eigenvalue weighted by Gasteiger charge is 2.42. The zero-order valence-electron chi connectivity index (χ0n) is 8.37. The number of halogens is 3. The van der Waals surface area contributed by atoms with Crippen molar-refractivity contribution < 1.29 is 21.6 Å². The molecule has 1 atom stereocenters. The maximum absolute atomic E-state index is 12.1. The van der Waals surface area contributed by atoms with E-state index in [0.29, 0.717) is 0 Å². The fraction of sp³-hybridized carbons (Fsp3) is 0.875. The van der Waals surface area contributed by atoms with Crippen molar-refractivity contribution in [2.45, 2.75) is 20.0 Å². The molecule has 0 aromatic rings. The molecule has 0 aliphatic heterocycles. The van der Waals surface area contributed by atoms with Gasteiger partial charge >= 0.3 is 6.18 Å². The summed E-state index contributed by atoms with van der Waals surface area (Å²) >= 11 is 0. The van der Waals surface area contributed by atoms with Gasteiger partial charge in [-0.1, -0.05) is 13.8 Å². The van der Waals surface area contributed by atoms with Crippen molar-refractivity contribution in [3.8, 4) is 6.07 Å². The predicted octanol–water partition coefficient (Wildman–Crippen LogP) is 1.76. The first-order chi connectivity index (χ1) is 6.58. The van der Waals surface area contributed by atoms with Crippen LogP contribution in [0.15, 0.2) is 0 Å². The van der Waals surface area contributed by atoms with Gasteiger partial charge in [0.05, 0.1) is 17.6 Å². The van der Waals surface area contributed by atoms with Gasteiger partial charge in [0.2, 0.25) is 0 Å². The Morgan fingerprint density at radius 2 is 1.73 bits per heavy atom. The van der Waals surface area contributed by atoms with E-state index in [1.165, 1.54) is 0 Å². The molecular weight excluding hydrogens is 231 g/mol. The summed E-state index contributed by atoms with van der Waals surface area (Å²) < 4.78 is 58.7. The van der Waals surface area contributed by atoms with Gasteiger partial charge in [-0.3, -0.25) is 0 Å². The molecule has 0 rings (SSSR count). The number of alkyl halides is 3. The van der Waals surface area contributed by atoms with Crippen molar-refractivity contribution in [3.63, 3.8) is 0 Å². The lowest BCUT2D eigenvalue weighted by Crippen LogP contribution is -2.30. The Balaban J connectivity index is 4.66. The van der Waals surface area contributed by atoms with Crippen molar-refractivity contribution in [3.05, 3.63) is 0 Å². The lowest BCUT2D eigenvalue weighted by Gasteiger charge is -2.14. The molecule has 7 heteroatoms. The Labute approximate surface area is 86.8 Å². The van der Waals surface area contributed by atoms with Crippen LogP contribution in [0.25, 0.3) is 0 Å². The molecule has 1 unspecified atom stereocenters. The third-order valence-electron chi connectivity index (χ3n) is 1.56. The zero-order valence-corrected chi connectivity index (χ0v) is 9.19. The van der Waals surface area contributed by atoms with Crippen LogP contribution in [0, 0.1) is 23.2 Å². The monoisotopic (exact) mass is 243 g/mol. The Bertz CT molecular complexity index is 340. The van der Waals surface area contributed by atoms with Gasteiger partial charge < -0.3 is 0 Å². The number of hydrogen-bond acceptors (Lipinski definition) is 3. The summed E-state index contributed by atoms with van der Waals surface area (Å²) in [5, 5.41) is 8.22. The maximum atomic E-state index is 12.1. The van der Waals surface area contributed by atoms with E-state index in [1.54, 1.807) is 13.8 Å². The fourth-order valence-corrected chi connectivity index (χ4v) is 2.96.